The average Bonchev–Trinajstić information content (AvgIpc) is 2.47. The first-order chi connectivity index (χ1) is 6.48. The number of H-pyrrole nitrogens is 1. The molecule has 1 N–H and O–H groups in total. The number of alkyl halides is 3. The molecule has 2 nitrogen and oxygen atoms in total. The van der Waals surface area contributed by atoms with Crippen LogP contribution in [0.4, 0.5) is 13.2 Å². The molecule has 0 aliphatic heterocycles. The van der Waals surface area contributed by atoms with Crippen LogP contribution in [-0.4, -0.2) is 10.2 Å². The third-order valence-corrected chi connectivity index (χ3v) is 2.09. The van der Waals surface area contributed by atoms with Crippen LogP contribution in [0.2, 0.25) is 0 Å². The quantitative estimate of drug-likeness (QED) is 0.695. The summed E-state index contributed by atoms with van der Waals surface area (Å²) in [7, 11) is 0. The van der Waals surface area contributed by atoms with Gasteiger partial charge in [-0.3, -0.25) is 5.10 Å². The topological polar surface area (TPSA) is 28.7 Å². The molecule has 1 heterocycles. The number of hydrogen-bond acceptors (Lipinski definition) is 1. The largest absolute Gasteiger partial charge is 0.416 e. The van der Waals surface area contributed by atoms with Gasteiger partial charge in [0.25, 0.3) is 0 Å². The van der Waals surface area contributed by atoms with Gasteiger partial charge in [-0.15, -0.1) is 0 Å². The first-order valence-electron chi connectivity index (χ1n) is 3.99. The van der Waals surface area contributed by atoms with Gasteiger partial charge in [-0.25, -0.2) is 0 Å². The Balaban J connectivity index is 2.71. The highest BCUT2D eigenvalue weighted by molar-refractivity contribution is 5.79. The predicted octanol–water partition coefficient (Wildman–Crippen LogP) is 2.89. The molecule has 0 amide bonds. The van der Waals surface area contributed by atoms with Crippen LogP contribution in [0.3, 0.4) is 0 Å². The molecule has 0 unspecified atom stereocenters. The van der Waals surface area contributed by atoms with Gasteiger partial charge in [-0.05, 0) is 24.6 Å². The van der Waals surface area contributed by atoms with Crippen LogP contribution in [0, 0.1) is 6.92 Å². The second-order valence-electron chi connectivity index (χ2n) is 3.12. The fourth-order valence-electron chi connectivity index (χ4n) is 1.41. The zero-order valence-corrected chi connectivity index (χ0v) is 7.31. The average molecular weight is 200 g/mol. The first kappa shape index (κ1) is 9.05. The van der Waals surface area contributed by atoms with Crippen molar-refractivity contribution >= 4 is 10.9 Å². The lowest BCUT2D eigenvalue weighted by atomic mass is 10.1. The number of aromatic amines is 1. The number of nitrogens with zero attached hydrogens (tertiary/aromatic N) is 1. The summed E-state index contributed by atoms with van der Waals surface area (Å²) >= 11 is 0. The molecule has 0 radical (unpaired) electrons. The smallest absolute Gasteiger partial charge is 0.278 e. The third kappa shape index (κ3) is 1.34. The van der Waals surface area contributed by atoms with Crippen LogP contribution in [-0.2, 0) is 6.18 Å². The van der Waals surface area contributed by atoms with E-state index < -0.39 is 11.7 Å². The van der Waals surface area contributed by atoms with E-state index in [-0.39, 0.29) is 5.56 Å². The Labute approximate surface area is 77.7 Å². The van der Waals surface area contributed by atoms with E-state index in [1.807, 2.05) is 0 Å². The van der Waals surface area contributed by atoms with Crippen molar-refractivity contribution in [2.45, 2.75) is 13.1 Å². The molecule has 5 heteroatoms. The third-order valence-electron chi connectivity index (χ3n) is 2.09. The van der Waals surface area contributed by atoms with Crippen LogP contribution in [0.15, 0.2) is 18.3 Å². The lowest BCUT2D eigenvalue weighted by Crippen LogP contribution is -2.06. The van der Waals surface area contributed by atoms with Crippen molar-refractivity contribution in [1.82, 2.24) is 10.2 Å². The van der Waals surface area contributed by atoms with E-state index in [9.17, 15) is 13.2 Å². The van der Waals surface area contributed by atoms with Crippen molar-refractivity contribution in [3.63, 3.8) is 0 Å². The van der Waals surface area contributed by atoms with Gasteiger partial charge in [-0.2, -0.15) is 18.3 Å². The monoisotopic (exact) mass is 200 g/mol. The molecule has 0 saturated carbocycles. The van der Waals surface area contributed by atoms with E-state index in [2.05, 4.69) is 10.2 Å². The van der Waals surface area contributed by atoms with Crippen LogP contribution >= 0.6 is 0 Å². The van der Waals surface area contributed by atoms with Crippen molar-refractivity contribution in [2.24, 2.45) is 0 Å². The van der Waals surface area contributed by atoms with Gasteiger partial charge < -0.3 is 0 Å². The molecule has 0 bridgehead atoms. The molecule has 0 aliphatic rings. The molecule has 0 spiro atoms. The summed E-state index contributed by atoms with van der Waals surface area (Å²) < 4.78 is 37.4. The standard InChI is InChI=1S/C9H7F3N2/c1-5-2-8-6(4-13-14-8)3-7(5)9(10,11)12/h2-4H,1H3,(H,13,14). The molecule has 1 aromatic carbocycles. The second-order valence-corrected chi connectivity index (χ2v) is 3.12. The number of aromatic nitrogens is 2. The molecule has 0 saturated heterocycles. The number of halogens is 3. The van der Waals surface area contributed by atoms with Crippen LogP contribution in [0.1, 0.15) is 11.1 Å². The molecule has 0 aliphatic carbocycles. The number of benzene rings is 1. The Bertz CT molecular complexity index is 470. The summed E-state index contributed by atoms with van der Waals surface area (Å²) in [5, 5.41) is 6.77. The van der Waals surface area contributed by atoms with Gasteiger partial charge in [0.15, 0.2) is 0 Å². The summed E-state index contributed by atoms with van der Waals surface area (Å²) in [6.07, 6.45) is -2.92. The minimum Gasteiger partial charge on any atom is -0.278 e. The summed E-state index contributed by atoms with van der Waals surface area (Å²) in [6.45, 7) is 1.43. The molecule has 14 heavy (non-hydrogen) atoms. The molecular weight excluding hydrogens is 193 g/mol. The zero-order valence-electron chi connectivity index (χ0n) is 7.31. The molecular formula is C9H7F3N2. The molecule has 2 rings (SSSR count). The number of nitrogens with one attached hydrogen (secondary N) is 1. The molecule has 1 aromatic heterocycles. The van der Waals surface area contributed by atoms with E-state index in [0.29, 0.717) is 10.9 Å². The normalized spacial score (nSPS) is 12.3. The van der Waals surface area contributed by atoms with E-state index in [1.165, 1.54) is 19.2 Å². The van der Waals surface area contributed by atoms with Gasteiger partial charge in [0, 0.05) is 5.39 Å². The van der Waals surface area contributed by atoms with E-state index in [1.54, 1.807) is 0 Å². The highest BCUT2D eigenvalue weighted by Crippen LogP contribution is 2.33. The Morgan fingerprint density at radius 3 is 2.64 bits per heavy atom. The van der Waals surface area contributed by atoms with Crippen molar-refractivity contribution in [3.05, 3.63) is 29.5 Å². The van der Waals surface area contributed by atoms with Crippen LogP contribution in [0.5, 0.6) is 0 Å². The predicted molar refractivity (Wildman–Crippen MR) is 45.8 cm³/mol. The van der Waals surface area contributed by atoms with Crippen molar-refractivity contribution < 1.29 is 13.2 Å². The Morgan fingerprint density at radius 2 is 2.00 bits per heavy atom. The summed E-state index contributed by atoms with van der Waals surface area (Å²) in [6, 6.07) is 2.55. The Hall–Kier alpha value is -1.52. The number of hydrogen-bond donors (Lipinski definition) is 1. The number of fused-ring (bicyclic) bond motifs is 1. The van der Waals surface area contributed by atoms with Crippen LogP contribution in [0.25, 0.3) is 10.9 Å². The molecule has 0 fully saturated rings. The number of rotatable bonds is 0. The minimum atomic E-state index is -4.30. The first-order valence-corrected chi connectivity index (χ1v) is 3.99. The van der Waals surface area contributed by atoms with Crippen molar-refractivity contribution in [1.29, 1.82) is 0 Å². The fourth-order valence-corrected chi connectivity index (χ4v) is 1.41. The zero-order chi connectivity index (χ0) is 10.3. The molecule has 74 valence electrons. The lowest BCUT2D eigenvalue weighted by molar-refractivity contribution is -0.137. The summed E-state index contributed by atoms with van der Waals surface area (Å²) in [4.78, 5) is 0. The van der Waals surface area contributed by atoms with Crippen molar-refractivity contribution in [2.75, 3.05) is 0 Å². The lowest BCUT2D eigenvalue weighted by Gasteiger charge is -2.09. The fraction of sp³-hybridized carbons (Fsp3) is 0.222. The van der Waals surface area contributed by atoms with Crippen LogP contribution < -0.4 is 0 Å². The maximum atomic E-state index is 12.5. The highest BCUT2D eigenvalue weighted by Gasteiger charge is 2.32. The second kappa shape index (κ2) is 2.73. The maximum Gasteiger partial charge on any atom is 0.416 e. The van der Waals surface area contributed by atoms with Crippen molar-refractivity contribution in [3.8, 4) is 0 Å². The SMILES string of the molecule is Cc1cc2[nH]ncc2cc1C(F)(F)F. The van der Waals surface area contributed by atoms with Gasteiger partial charge in [0.2, 0.25) is 0 Å². The highest BCUT2D eigenvalue weighted by atomic mass is 19.4. The summed E-state index contributed by atoms with van der Waals surface area (Å²) in [5.74, 6) is 0. The van der Waals surface area contributed by atoms with Gasteiger partial charge in [0.1, 0.15) is 0 Å². The maximum absolute atomic E-state index is 12.5. The number of aryl methyl sites for hydroxylation is 1. The summed E-state index contributed by atoms with van der Waals surface area (Å²) in [5.41, 5.74) is 0.219. The Morgan fingerprint density at radius 1 is 1.29 bits per heavy atom. The van der Waals surface area contributed by atoms with E-state index in [4.69, 9.17) is 0 Å². The van der Waals surface area contributed by atoms with E-state index in [0.717, 1.165) is 6.07 Å². The van der Waals surface area contributed by atoms with Gasteiger partial charge in [0.05, 0.1) is 17.3 Å². The Kier molecular flexibility index (Phi) is 1.77. The van der Waals surface area contributed by atoms with Gasteiger partial charge >= 0.3 is 6.18 Å². The van der Waals surface area contributed by atoms with E-state index >= 15 is 0 Å². The molecule has 0 atom stereocenters. The van der Waals surface area contributed by atoms with Gasteiger partial charge in [-0.1, -0.05) is 0 Å². The minimum absolute atomic E-state index is 0.203. The molecule has 2 aromatic rings.